The van der Waals surface area contributed by atoms with Gasteiger partial charge in [-0.05, 0) is 51.3 Å². The summed E-state index contributed by atoms with van der Waals surface area (Å²) in [6.45, 7) is 10.6. The molecule has 1 aromatic heterocycles. The monoisotopic (exact) mass is 277 g/mol. The number of hydrogen-bond donors (Lipinski definition) is 1. The molecule has 2 rings (SSSR count). The van der Waals surface area contributed by atoms with Crippen LogP contribution in [0.3, 0.4) is 0 Å². The molecule has 1 aliphatic rings. The van der Waals surface area contributed by atoms with Crippen molar-refractivity contribution in [2.75, 3.05) is 31.2 Å². The van der Waals surface area contributed by atoms with E-state index in [4.69, 9.17) is 4.74 Å². The zero-order valence-corrected chi connectivity index (χ0v) is 13.0. The van der Waals surface area contributed by atoms with E-state index in [1.54, 1.807) is 0 Å². The third-order valence-corrected chi connectivity index (χ3v) is 3.59. The Balaban J connectivity index is 1.99. The molecular weight excluding hydrogens is 250 g/mol. The smallest absolute Gasteiger partial charge is 0.129 e. The van der Waals surface area contributed by atoms with E-state index in [-0.39, 0.29) is 0 Å². The van der Waals surface area contributed by atoms with Gasteiger partial charge in [0.05, 0.1) is 6.61 Å². The van der Waals surface area contributed by atoms with Gasteiger partial charge in [0.2, 0.25) is 0 Å². The van der Waals surface area contributed by atoms with Gasteiger partial charge in [-0.3, -0.25) is 0 Å². The van der Waals surface area contributed by atoms with Crippen molar-refractivity contribution in [3.8, 4) is 0 Å². The Hall–Kier alpha value is -1.13. The minimum atomic E-state index is 0.743. The van der Waals surface area contributed by atoms with E-state index in [2.05, 4.69) is 41.2 Å². The molecule has 20 heavy (non-hydrogen) atoms. The summed E-state index contributed by atoms with van der Waals surface area (Å²) in [6.07, 6.45) is 2.65. The number of nitrogens with one attached hydrogen (secondary N) is 1. The maximum Gasteiger partial charge on any atom is 0.129 e. The fourth-order valence-corrected chi connectivity index (χ4v) is 2.29. The number of pyridine rings is 1. The number of aryl methyl sites for hydroxylation is 1. The molecule has 1 saturated carbocycles. The molecule has 0 aromatic carbocycles. The molecule has 0 amide bonds. The summed E-state index contributed by atoms with van der Waals surface area (Å²) in [6, 6.07) is 5.12. The Morgan fingerprint density at radius 1 is 1.35 bits per heavy atom. The third kappa shape index (κ3) is 4.76. The molecule has 4 heteroatoms. The third-order valence-electron chi connectivity index (χ3n) is 3.59. The first kappa shape index (κ1) is 15.3. The zero-order chi connectivity index (χ0) is 14.4. The Morgan fingerprint density at radius 3 is 2.80 bits per heavy atom. The summed E-state index contributed by atoms with van der Waals surface area (Å²) in [5.41, 5.74) is 2.42. The van der Waals surface area contributed by atoms with Crippen LogP contribution in [0.25, 0.3) is 0 Å². The number of aromatic nitrogens is 1. The fraction of sp³-hybridized carbons (Fsp3) is 0.688. The van der Waals surface area contributed by atoms with Crippen LogP contribution in [0.4, 0.5) is 5.82 Å². The van der Waals surface area contributed by atoms with Crippen molar-refractivity contribution in [3.05, 3.63) is 23.4 Å². The molecule has 0 atom stereocenters. The second kappa shape index (κ2) is 7.60. The van der Waals surface area contributed by atoms with E-state index in [0.717, 1.165) is 50.4 Å². The molecule has 0 spiro atoms. The van der Waals surface area contributed by atoms with E-state index in [9.17, 15) is 0 Å². The van der Waals surface area contributed by atoms with E-state index in [1.807, 2.05) is 6.92 Å². The summed E-state index contributed by atoms with van der Waals surface area (Å²) in [7, 11) is 0. The number of hydrogen-bond acceptors (Lipinski definition) is 4. The van der Waals surface area contributed by atoms with Crippen LogP contribution in [0.2, 0.25) is 0 Å². The maximum atomic E-state index is 5.45. The van der Waals surface area contributed by atoms with E-state index in [0.29, 0.717) is 0 Å². The topological polar surface area (TPSA) is 37.4 Å². The summed E-state index contributed by atoms with van der Waals surface area (Å²) >= 11 is 0. The van der Waals surface area contributed by atoms with Crippen LogP contribution in [0.5, 0.6) is 0 Å². The van der Waals surface area contributed by atoms with Gasteiger partial charge in [-0.25, -0.2) is 4.98 Å². The lowest BCUT2D eigenvalue weighted by atomic mass is 10.2. The van der Waals surface area contributed by atoms with Gasteiger partial charge >= 0.3 is 0 Å². The quantitative estimate of drug-likeness (QED) is 0.704. The number of likely N-dealkylation sites (N-methyl/N-ethyl adjacent to an activating group) is 1. The average molecular weight is 277 g/mol. The molecule has 1 N–H and O–H groups in total. The number of nitrogens with zero attached hydrogens (tertiary/aromatic N) is 2. The summed E-state index contributed by atoms with van der Waals surface area (Å²) in [5, 5.41) is 3.57. The number of ether oxygens (including phenoxy) is 1. The van der Waals surface area contributed by atoms with Gasteiger partial charge in [-0.2, -0.15) is 0 Å². The highest BCUT2D eigenvalue weighted by Crippen LogP contribution is 2.20. The van der Waals surface area contributed by atoms with E-state index >= 15 is 0 Å². The van der Waals surface area contributed by atoms with Crippen LogP contribution in [0.15, 0.2) is 12.1 Å². The van der Waals surface area contributed by atoms with Crippen molar-refractivity contribution in [2.45, 2.75) is 46.2 Å². The molecule has 112 valence electrons. The van der Waals surface area contributed by atoms with Gasteiger partial charge in [0.1, 0.15) is 5.82 Å². The first-order valence-corrected chi connectivity index (χ1v) is 7.76. The van der Waals surface area contributed by atoms with Crippen molar-refractivity contribution in [2.24, 2.45) is 0 Å². The Labute approximate surface area is 122 Å². The molecular formula is C16H27N3O. The van der Waals surface area contributed by atoms with Gasteiger partial charge in [0, 0.05) is 38.0 Å². The molecule has 0 unspecified atom stereocenters. The van der Waals surface area contributed by atoms with E-state index < -0.39 is 0 Å². The van der Waals surface area contributed by atoms with Crippen molar-refractivity contribution in [3.63, 3.8) is 0 Å². The minimum Gasteiger partial charge on any atom is -0.380 e. The van der Waals surface area contributed by atoms with Gasteiger partial charge in [0.15, 0.2) is 0 Å². The summed E-state index contributed by atoms with van der Waals surface area (Å²) in [5.74, 6) is 1.07. The number of anilines is 1. The zero-order valence-electron chi connectivity index (χ0n) is 13.0. The molecule has 1 aliphatic carbocycles. The molecule has 1 heterocycles. The van der Waals surface area contributed by atoms with Gasteiger partial charge in [-0.1, -0.05) is 0 Å². The van der Waals surface area contributed by atoms with Crippen LogP contribution in [0.1, 0.15) is 37.9 Å². The highest BCUT2D eigenvalue weighted by Gasteiger charge is 2.20. The minimum absolute atomic E-state index is 0.743. The van der Waals surface area contributed by atoms with Crippen molar-refractivity contribution >= 4 is 5.82 Å². The predicted molar refractivity (Wildman–Crippen MR) is 83.2 cm³/mol. The Kier molecular flexibility index (Phi) is 5.80. The molecule has 0 radical (unpaired) electrons. The first-order chi connectivity index (χ1) is 9.72. The fourth-order valence-electron chi connectivity index (χ4n) is 2.29. The largest absolute Gasteiger partial charge is 0.380 e. The Bertz CT molecular complexity index is 418. The Morgan fingerprint density at radius 2 is 2.15 bits per heavy atom. The highest BCUT2D eigenvalue weighted by molar-refractivity contribution is 5.42. The summed E-state index contributed by atoms with van der Waals surface area (Å²) in [4.78, 5) is 6.95. The number of rotatable bonds is 9. The first-order valence-electron chi connectivity index (χ1n) is 7.76. The lowest BCUT2D eigenvalue weighted by Gasteiger charge is -2.23. The van der Waals surface area contributed by atoms with E-state index in [1.165, 1.54) is 18.4 Å². The van der Waals surface area contributed by atoms with Crippen LogP contribution >= 0.6 is 0 Å². The second-order valence-electron chi connectivity index (χ2n) is 5.41. The SMILES string of the molecule is CCOCCN(CC)c1cc(CNC2CC2)cc(C)n1. The molecule has 0 saturated heterocycles. The lowest BCUT2D eigenvalue weighted by molar-refractivity contribution is 0.154. The molecule has 0 aliphatic heterocycles. The maximum absolute atomic E-state index is 5.45. The van der Waals surface area contributed by atoms with Crippen LogP contribution < -0.4 is 10.2 Å². The van der Waals surface area contributed by atoms with Crippen LogP contribution in [-0.4, -0.2) is 37.3 Å². The van der Waals surface area contributed by atoms with Crippen LogP contribution in [0, 0.1) is 6.92 Å². The molecule has 0 bridgehead atoms. The van der Waals surface area contributed by atoms with Crippen molar-refractivity contribution in [1.82, 2.24) is 10.3 Å². The van der Waals surface area contributed by atoms with Crippen LogP contribution in [-0.2, 0) is 11.3 Å². The average Bonchev–Trinajstić information content (AvgIpc) is 3.25. The van der Waals surface area contributed by atoms with Crippen molar-refractivity contribution < 1.29 is 4.74 Å². The molecule has 1 fully saturated rings. The normalized spacial score (nSPS) is 14.6. The predicted octanol–water partition coefficient (Wildman–Crippen LogP) is 2.50. The van der Waals surface area contributed by atoms with Gasteiger partial charge < -0.3 is 15.0 Å². The standard InChI is InChI=1S/C16H27N3O/c1-4-19(8-9-20-5-2)16-11-14(10-13(3)18-16)12-17-15-6-7-15/h10-11,15,17H,4-9,12H2,1-3H3. The van der Waals surface area contributed by atoms with Gasteiger partial charge in [-0.15, -0.1) is 0 Å². The molecule has 1 aromatic rings. The summed E-state index contributed by atoms with van der Waals surface area (Å²) < 4.78 is 5.45. The molecule has 4 nitrogen and oxygen atoms in total. The van der Waals surface area contributed by atoms with Crippen molar-refractivity contribution in [1.29, 1.82) is 0 Å². The second-order valence-corrected chi connectivity index (χ2v) is 5.41. The lowest BCUT2D eigenvalue weighted by Crippen LogP contribution is -2.28. The highest BCUT2D eigenvalue weighted by atomic mass is 16.5. The van der Waals surface area contributed by atoms with Gasteiger partial charge in [0.25, 0.3) is 0 Å².